The van der Waals surface area contributed by atoms with E-state index in [1.165, 1.54) is 27.2 Å². The Bertz CT molecular complexity index is 3040. The molecule has 0 bridgehead atoms. The Morgan fingerprint density at radius 1 is 0.787 bits per heavy atom. The van der Waals surface area contributed by atoms with Crippen LogP contribution in [0.2, 0.25) is 17.3 Å². The third-order valence-corrected chi connectivity index (χ3v) is 15.5. The van der Waals surface area contributed by atoms with Gasteiger partial charge in [0.2, 0.25) is 0 Å². The molecule has 61 heavy (non-hydrogen) atoms. The summed E-state index contributed by atoms with van der Waals surface area (Å²) < 4.78 is 40.9. The number of pyridine rings is 1. The van der Waals surface area contributed by atoms with E-state index in [0.717, 1.165) is 61.8 Å². The van der Waals surface area contributed by atoms with Crippen molar-refractivity contribution in [1.82, 2.24) is 14.5 Å². The molecule has 0 saturated heterocycles. The molecule has 0 N–H and O–H groups in total. The van der Waals surface area contributed by atoms with Crippen molar-refractivity contribution in [3.8, 4) is 56.3 Å². The molecule has 6 heteroatoms. The molecule has 6 aromatic carbocycles. The molecule has 3 heterocycles. The summed E-state index contributed by atoms with van der Waals surface area (Å²) in [6.07, 6.45) is 10.4. The van der Waals surface area contributed by atoms with Gasteiger partial charge in [0.15, 0.2) is 0 Å². The van der Waals surface area contributed by atoms with Crippen molar-refractivity contribution in [2.24, 2.45) is 0 Å². The Kier molecular flexibility index (Phi) is 10.8. The van der Waals surface area contributed by atoms with Crippen molar-refractivity contribution in [1.29, 1.82) is 0 Å². The van der Waals surface area contributed by atoms with E-state index in [-0.39, 0.29) is 37.7 Å². The topological polar surface area (TPSA) is 39.9 Å². The Hall–Kier alpha value is -5.59. The number of imidazole rings is 1. The van der Waals surface area contributed by atoms with Gasteiger partial charge in [-0.25, -0.2) is 0 Å². The summed E-state index contributed by atoms with van der Waals surface area (Å²) in [6, 6.07) is 53.7. The van der Waals surface area contributed by atoms with Gasteiger partial charge in [-0.2, -0.15) is 0 Å². The quantitative estimate of drug-likeness (QED) is 0.118. The minimum absolute atomic E-state index is 0. The van der Waals surface area contributed by atoms with Crippen LogP contribution in [0.1, 0.15) is 47.8 Å². The Balaban J connectivity index is 0.000000199. The van der Waals surface area contributed by atoms with Gasteiger partial charge in [0.1, 0.15) is 6.10 Å². The summed E-state index contributed by atoms with van der Waals surface area (Å²) in [6.45, 7) is 1.66. The number of aromatic nitrogens is 3. The van der Waals surface area contributed by atoms with E-state index in [0.29, 0.717) is 0 Å². The van der Waals surface area contributed by atoms with Crippen LogP contribution >= 0.6 is 0 Å². The van der Waals surface area contributed by atoms with Crippen molar-refractivity contribution in [3.05, 3.63) is 199 Å². The first-order valence-corrected chi connectivity index (χ1v) is 27.8. The summed E-state index contributed by atoms with van der Waals surface area (Å²) in [5.41, 5.74) is 12.5. The molecule has 305 valence electrons. The van der Waals surface area contributed by atoms with Crippen LogP contribution < -0.4 is 9.13 Å². The first-order chi connectivity index (χ1) is 30.6. The number of benzene rings is 6. The molecule has 0 fully saturated rings. The Morgan fingerprint density at radius 2 is 1.52 bits per heavy atom. The molecule has 1 radical (unpaired) electrons. The molecule has 2 aromatic heterocycles. The maximum absolute atomic E-state index is 8.49. The van der Waals surface area contributed by atoms with Gasteiger partial charge in [-0.15, -0.1) is 18.2 Å². The molecular weight excluding hydrogens is 983 g/mol. The number of ether oxygens (including phenoxy) is 1. The molecule has 10 rings (SSSR count). The van der Waals surface area contributed by atoms with Crippen molar-refractivity contribution in [2.75, 3.05) is 0 Å². The average molecular weight is 1040 g/mol. The number of nitrogens with zero attached hydrogens (tertiary/aromatic N) is 3. The molecule has 0 amide bonds. The van der Waals surface area contributed by atoms with Crippen molar-refractivity contribution in [2.45, 2.75) is 55.9 Å². The molecular formula is C55H49GeIrN3O-2. The fourth-order valence-electron chi connectivity index (χ4n) is 8.20. The largest absolute Gasteiger partial charge is 0.529 e. The van der Waals surface area contributed by atoms with Crippen molar-refractivity contribution >= 4 is 28.7 Å². The smallest absolute Gasteiger partial charge is 0.114 e. The van der Waals surface area contributed by atoms with Crippen LogP contribution in [0.15, 0.2) is 170 Å². The number of hydrogen-bond donors (Lipinski definition) is 0. The van der Waals surface area contributed by atoms with Crippen LogP contribution in [0, 0.1) is 19.0 Å². The normalized spacial score (nSPS) is 16.4. The minimum atomic E-state index is -2.14. The second kappa shape index (κ2) is 17.8. The van der Waals surface area contributed by atoms with E-state index in [2.05, 4.69) is 166 Å². The maximum atomic E-state index is 8.49. The number of para-hydroxylation sites is 2. The van der Waals surface area contributed by atoms with E-state index in [1.807, 2.05) is 38.2 Å². The van der Waals surface area contributed by atoms with E-state index in [9.17, 15) is 0 Å². The third kappa shape index (κ3) is 8.53. The SMILES string of the molecule is [2H]C([2H])([2H])c1c[c-]c(-c2cc(C([2H])(C)C)[c]([Ge]([CH3])([CH3])[CH3])cn2)cc1.[Ir].[c-]1ccc2c(c1-c1nc3ccccc3n1-c1ccc(-c3ccccc3)cc1-c1ccccc1)OC1C=CC=CC21. The molecule has 2 unspecified atom stereocenters. The zero-order valence-corrected chi connectivity index (χ0v) is 39.4. The standard InChI is InChI=1S/C37H25N2O.C18H24GeN.Ir/c1-3-12-25(13-4-1)27-22-23-33(31(24-27)26-14-5-2-6-15-26)39-34-20-9-8-19-32(34)38-37(39)30-18-11-17-29-28-16-7-10-21-35(28)40-36(29)30;1-13(2)16-11-18(15-9-7-14(3)8-10-15)20-12-17(16)19(4,5)6;/h1-17,19-24,28,35H;7-9,11-13H,1-6H3;/q2*-1;/i;3D3,13D;. The molecule has 1 aliphatic heterocycles. The van der Waals surface area contributed by atoms with Crippen LogP contribution in [0.25, 0.3) is 61.6 Å². The van der Waals surface area contributed by atoms with Gasteiger partial charge in [0.05, 0.1) is 16.9 Å². The summed E-state index contributed by atoms with van der Waals surface area (Å²) >= 11 is -2.14. The fraction of sp³-hybridized carbons (Fsp3) is 0.164. The van der Waals surface area contributed by atoms with Gasteiger partial charge >= 0.3 is 131 Å². The second-order valence-corrected chi connectivity index (χ2v) is 27.2. The Morgan fingerprint density at radius 3 is 2.25 bits per heavy atom. The van der Waals surface area contributed by atoms with E-state index in [4.69, 9.17) is 15.2 Å². The van der Waals surface area contributed by atoms with Crippen molar-refractivity contribution in [3.63, 3.8) is 0 Å². The summed E-state index contributed by atoms with van der Waals surface area (Å²) in [7, 11) is 0. The van der Waals surface area contributed by atoms with Crippen LogP contribution in [-0.4, -0.2) is 33.9 Å². The molecule has 2 aliphatic rings. The minimum Gasteiger partial charge on any atom is -0.529 e. The number of hydrogen-bond acceptors (Lipinski definition) is 3. The zero-order valence-electron chi connectivity index (χ0n) is 38.9. The molecule has 8 aromatic rings. The molecule has 0 saturated carbocycles. The van der Waals surface area contributed by atoms with E-state index in [1.54, 1.807) is 12.1 Å². The first-order valence-electron chi connectivity index (χ1n) is 22.5. The van der Waals surface area contributed by atoms with Gasteiger partial charge in [0.25, 0.3) is 0 Å². The predicted molar refractivity (Wildman–Crippen MR) is 252 cm³/mol. The van der Waals surface area contributed by atoms with Gasteiger partial charge in [-0.3, -0.25) is 4.98 Å². The number of rotatable bonds is 7. The van der Waals surface area contributed by atoms with Gasteiger partial charge < -0.3 is 9.30 Å². The average Bonchev–Trinajstić information content (AvgIpc) is 3.88. The number of fused-ring (bicyclic) bond motifs is 4. The third-order valence-electron chi connectivity index (χ3n) is 11.2. The number of aryl methyl sites for hydroxylation is 1. The second-order valence-electron chi connectivity index (χ2n) is 16.6. The maximum Gasteiger partial charge on any atom is 0.114 e. The summed E-state index contributed by atoms with van der Waals surface area (Å²) in [5, 5.41) is 0. The molecule has 4 nitrogen and oxygen atoms in total. The number of allylic oxidation sites excluding steroid dienone is 2. The summed E-state index contributed by atoms with van der Waals surface area (Å²) in [4.78, 5) is 9.76. The summed E-state index contributed by atoms with van der Waals surface area (Å²) in [5.74, 6) is 8.08. The predicted octanol–water partition coefficient (Wildman–Crippen LogP) is 13.3. The molecule has 1 aliphatic carbocycles. The van der Waals surface area contributed by atoms with Crippen LogP contribution in [0.3, 0.4) is 0 Å². The Labute approximate surface area is 382 Å². The van der Waals surface area contributed by atoms with Gasteiger partial charge in [-0.1, -0.05) is 108 Å². The van der Waals surface area contributed by atoms with Gasteiger partial charge in [-0.05, 0) is 47.0 Å². The fourth-order valence-corrected chi connectivity index (χ4v) is 11.5. The molecule has 2 atom stereocenters. The van der Waals surface area contributed by atoms with Gasteiger partial charge in [0, 0.05) is 43.0 Å². The van der Waals surface area contributed by atoms with E-state index < -0.39 is 26.0 Å². The first kappa shape index (κ1) is 37.2. The zero-order chi connectivity index (χ0) is 44.8. The van der Waals surface area contributed by atoms with Crippen molar-refractivity contribution < 1.29 is 30.3 Å². The van der Waals surface area contributed by atoms with Crippen LogP contribution in [0.4, 0.5) is 0 Å². The van der Waals surface area contributed by atoms with Crippen LogP contribution in [-0.2, 0) is 20.1 Å². The monoisotopic (exact) mass is 1040 g/mol. The molecule has 0 spiro atoms. The van der Waals surface area contributed by atoms with E-state index >= 15 is 0 Å². The van der Waals surface area contributed by atoms with Crippen LogP contribution in [0.5, 0.6) is 5.75 Å².